The van der Waals surface area contributed by atoms with Gasteiger partial charge >= 0.3 is 0 Å². The number of piperidine rings is 1. The minimum atomic E-state index is -2.94. The van der Waals surface area contributed by atoms with Crippen molar-refractivity contribution in [2.45, 2.75) is 58.8 Å². The number of halogens is 2. The lowest BCUT2D eigenvalue weighted by Crippen LogP contribution is -2.41. The van der Waals surface area contributed by atoms with Gasteiger partial charge in [-0.15, -0.1) is 0 Å². The number of carbonyl (C=O) groups excluding carboxylic acids is 3. The Morgan fingerprint density at radius 1 is 1.18 bits per heavy atom. The summed E-state index contributed by atoms with van der Waals surface area (Å²) < 4.78 is 26.1. The van der Waals surface area contributed by atoms with E-state index < -0.39 is 23.9 Å². The lowest BCUT2D eigenvalue weighted by molar-refractivity contribution is -0.129. The van der Waals surface area contributed by atoms with Gasteiger partial charge in [0.25, 0.3) is 12.3 Å². The Hall–Kier alpha value is -2.90. The van der Waals surface area contributed by atoms with Crippen LogP contribution in [0.2, 0.25) is 0 Å². The van der Waals surface area contributed by atoms with Crippen LogP contribution in [0, 0.1) is 32.6 Å². The highest BCUT2D eigenvalue weighted by Gasteiger charge is 2.44. The van der Waals surface area contributed by atoms with Gasteiger partial charge in [0.1, 0.15) is 11.7 Å². The predicted molar refractivity (Wildman–Crippen MR) is 127 cm³/mol. The molecule has 1 aliphatic heterocycles. The van der Waals surface area contributed by atoms with Crippen LogP contribution < -0.4 is 5.73 Å². The summed E-state index contributed by atoms with van der Waals surface area (Å²) in [6.07, 6.45) is 0.276. The molecule has 2 aliphatic rings. The number of amides is 1. The Labute approximate surface area is 199 Å². The van der Waals surface area contributed by atoms with Crippen molar-refractivity contribution in [1.82, 2.24) is 4.90 Å². The van der Waals surface area contributed by atoms with Crippen molar-refractivity contribution in [3.63, 3.8) is 0 Å². The van der Waals surface area contributed by atoms with E-state index >= 15 is 0 Å². The first-order chi connectivity index (χ1) is 16.0. The minimum absolute atomic E-state index is 0.00681. The second kappa shape index (κ2) is 10.6. The molecule has 0 aromatic heterocycles. The van der Waals surface area contributed by atoms with Crippen molar-refractivity contribution in [2.24, 2.45) is 22.6 Å². The lowest BCUT2D eigenvalue weighted by Gasteiger charge is -2.33. The summed E-state index contributed by atoms with van der Waals surface area (Å²) in [6.45, 7) is 6.66. The van der Waals surface area contributed by atoms with Crippen molar-refractivity contribution in [2.75, 3.05) is 20.1 Å². The fourth-order valence-electron chi connectivity index (χ4n) is 5.45. The van der Waals surface area contributed by atoms with Gasteiger partial charge in [0.15, 0.2) is 5.78 Å². The van der Waals surface area contributed by atoms with Crippen LogP contribution in [0.3, 0.4) is 0 Å². The molecule has 2 N–H and O–H groups in total. The smallest absolute Gasteiger partial charge is 0.278 e. The Morgan fingerprint density at radius 2 is 1.76 bits per heavy atom. The second-order valence-corrected chi connectivity index (χ2v) is 9.54. The highest BCUT2D eigenvalue weighted by atomic mass is 19.3. The first-order valence-corrected chi connectivity index (χ1v) is 11.7. The number of hydrogen-bond donors (Lipinski definition) is 1. The normalized spacial score (nSPS) is 22.7. The van der Waals surface area contributed by atoms with Crippen molar-refractivity contribution in [3.05, 3.63) is 45.7 Å². The fourth-order valence-corrected chi connectivity index (χ4v) is 5.45. The quantitative estimate of drug-likeness (QED) is 0.388. The molecule has 184 valence electrons. The van der Waals surface area contributed by atoms with E-state index in [9.17, 15) is 23.2 Å². The number of nitrogens with zero attached hydrogens (tertiary/aromatic N) is 2. The molecular weight excluding hydrogens is 440 g/mol. The maximum Gasteiger partial charge on any atom is 0.278 e. The minimum Gasteiger partial charge on any atom is -0.397 e. The van der Waals surface area contributed by atoms with E-state index in [1.54, 1.807) is 0 Å². The van der Waals surface area contributed by atoms with Crippen molar-refractivity contribution >= 4 is 23.7 Å². The Balaban J connectivity index is 1.65. The number of likely N-dealkylation sites (tertiary alicyclic amines) is 1. The van der Waals surface area contributed by atoms with Gasteiger partial charge in [0, 0.05) is 38.7 Å². The van der Waals surface area contributed by atoms with Crippen LogP contribution in [0.25, 0.3) is 0 Å². The van der Waals surface area contributed by atoms with Gasteiger partial charge in [-0.05, 0) is 62.6 Å². The van der Waals surface area contributed by atoms with E-state index in [4.69, 9.17) is 5.73 Å². The lowest BCUT2D eigenvalue weighted by atomic mass is 9.83. The molecule has 6 nitrogen and oxygen atoms in total. The van der Waals surface area contributed by atoms with E-state index in [1.165, 1.54) is 11.9 Å². The van der Waals surface area contributed by atoms with Crippen LogP contribution in [0.15, 0.2) is 28.4 Å². The number of aryl methyl sites for hydroxylation is 3. The third-order valence-corrected chi connectivity index (χ3v) is 7.04. The number of alkyl halides is 2. The van der Waals surface area contributed by atoms with Crippen LogP contribution in [0.4, 0.5) is 8.78 Å². The van der Waals surface area contributed by atoms with E-state index in [-0.39, 0.29) is 35.4 Å². The summed E-state index contributed by atoms with van der Waals surface area (Å²) in [5.41, 5.74) is 8.27. The first-order valence-electron chi connectivity index (χ1n) is 11.7. The van der Waals surface area contributed by atoms with Gasteiger partial charge in [-0.1, -0.05) is 17.7 Å². The summed E-state index contributed by atoms with van der Waals surface area (Å²) in [4.78, 5) is 44.0. The number of nitrogens with two attached hydrogens (primary N) is 1. The fraction of sp³-hybridized carbons (Fsp3) is 0.538. The number of carbonyl (C=O) groups is 3. The third-order valence-electron chi connectivity index (χ3n) is 7.04. The molecule has 8 heteroatoms. The number of allylic oxidation sites excluding steroid dienone is 1. The average Bonchev–Trinajstić information content (AvgIpc) is 3.04. The third kappa shape index (κ3) is 5.26. The molecule has 3 rings (SSSR count). The Bertz CT molecular complexity index is 1020. The Morgan fingerprint density at radius 3 is 2.29 bits per heavy atom. The van der Waals surface area contributed by atoms with Gasteiger partial charge in [-0.2, -0.15) is 0 Å². The molecule has 1 aromatic rings. The Kier molecular flexibility index (Phi) is 8.00. The molecule has 1 aromatic carbocycles. The molecule has 2 fully saturated rings. The highest BCUT2D eigenvalue weighted by molar-refractivity contribution is 6.15. The van der Waals surface area contributed by atoms with Crippen LogP contribution in [0.1, 0.15) is 53.9 Å². The SMILES string of the molecule is CN=CC(C(=O)N1CCC(CC2CC(=O)C(c3c(C)cc(C)cc3C)C2=O)CC1)=C(N)C(F)F. The highest BCUT2D eigenvalue weighted by Crippen LogP contribution is 2.40. The topological polar surface area (TPSA) is 92.8 Å². The summed E-state index contributed by atoms with van der Waals surface area (Å²) in [6, 6.07) is 4.02. The van der Waals surface area contributed by atoms with Gasteiger partial charge in [-0.3, -0.25) is 19.4 Å². The summed E-state index contributed by atoms with van der Waals surface area (Å²) in [7, 11) is 1.39. The number of rotatable bonds is 6. The number of ketones is 2. The zero-order chi connectivity index (χ0) is 25.2. The number of Topliss-reactive ketones (excluding diaryl/α,β-unsaturated/α-hetero) is 2. The summed E-state index contributed by atoms with van der Waals surface area (Å²) in [5, 5.41) is 0. The van der Waals surface area contributed by atoms with Crippen molar-refractivity contribution < 1.29 is 23.2 Å². The van der Waals surface area contributed by atoms with Gasteiger partial charge in [0.2, 0.25) is 0 Å². The predicted octanol–water partition coefficient (Wildman–Crippen LogP) is 3.66. The van der Waals surface area contributed by atoms with Gasteiger partial charge in [0.05, 0.1) is 11.3 Å². The summed E-state index contributed by atoms with van der Waals surface area (Å²) >= 11 is 0. The van der Waals surface area contributed by atoms with Crippen LogP contribution in [0.5, 0.6) is 0 Å². The van der Waals surface area contributed by atoms with E-state index in [0.29, 0.717) is 32.4 Å². The molecule has 1 heterocycles. The molecule has 34 heavy (non-hydrogen) atoms. The standard InChI is InChI=1S/C26H33F2N3O3/c1-14-9-15(2)21(16(3)10-14)22-20(32)12-18(24(22)33)11-17-5-7-31(8-6-17)26(34)19(13-30-4)23(29)25(27)28/h9-10,13,17-18,22,25H,5-8,11-12,29H2,1-4H3. The van der Waals surface area contributed by atoms with Crippen LogP contribution in [-0.4, -0.2) is 55.2 Å². The number of hydrogen-bond acceptors (Lipinski definition) is 5. The molecule has 2 unspecified atom stereocenters. The van der Waals surface area contributed by atoms with E-state index in [0.717, 1.165) is 28.5 Å². The monoisotopic (exact) mass is 473 g/mol. The first kappa shape index (κ1) is 25.7. The van der Waals surface area contributed by atoms with E-state index in [1.807, 2.05) is 32.9 Å². The van der Waals surface area contributed by atoms with Crippen LogP contribution in [-0.2, 0) is 14.4 Å². The maximum atomic E-state index is 13.3. The molecule has 1 aliphatic carbocycles. The molecule has 2 atom stereocenters. The number of benzene rings is 1. The molecule has 0 radical (unpaired) electrons. The zero-order valence-corrected chi connectivity index (χ0v) is 20.2. The molecular formula is C26H33F2N3O3. The molecule has 1 saturated heterocycles. The molecule has 1 amide bonds. The van der Waals surface area contributed by atoms with Crippen molar-refractivity contribution in [3.8, 4) is 0 Å². The van der Waals surface area contributed by atoms with Crippen molar-refractivity contribution in [1.29, 1.82) is 0 Å². The van der Waals surface area contributed by atoms with Gasteiger partial charge < -0.3 is 10.6 Å². The molecule has 0 spiro atoms. The molecule has 0 bridgehead atoms. The van der Waals surface area contributed by atoms with E-state index in [2.05, 4.69) is 4.99 Å². The second-order valence-electron chi connectivity index (χ2n) is 9.54. The number of aliphatic imine (C=N–C) groups is 1. The largest absolute Gasteiger partial charge is 0.397 e. The molecule has 1 saturated carbocycles. The maximum absolute atomic E-state index is 13.3. The summed E-state index contributed by atoms with van der Waals surface area (Å²) in [5.74, 6) is -1.40. The average molecular weight is 474 g/mol. The van der Waals surface area contributed by atoms with Gasteiger partial charge in [-0.25, -0.2) is 8.78 Å². The zero-order valence-electron chi connectivity index (χ0n) is 20.2. The van der Waals surface area contributed by atoms with Crippen LogP contribution >= 0.6 is 0 Å².